The highest BCUT2D eigenvalue weighted by molar-refractivity contribution is 5.57. The molecule has 1 aromatic carbocycles. The third-order valence-corrected chi connectivity index (χ3v) is 2.60. The molecular formula is C11H14FNO4. The lowest BCUT2D eigenvalue weighted by molar-refractivity contribution is 0.138. The van der Waals surface area contributed by atoms with Crippen LogP contribution < -0.4 is 19.9 Å². The van der Waals surface area contributed by atoms with Gasteiger partial charge in [-0.2, -0.15) is 0 Å². The zero-order chi connectivity index (χ0) is 12.6. The van der Waals surface area contributed by atoms with Crippen molar-refractivity contribution in [2.24, 2.45) is 5.73 Å². The van der Waals surface area contributed by atoms with Crippen molar-refractivity contribution in [1.82, 2.24) is 0 Å². The van der Waals surface area contributed by atoms with Gasteiger partial charge in [-0.05, 0) is 6.92 Å². The Kier molecular flexibility index (Phi) is 3.08. The number of rotatable bonds is 3. The molecular weight excluding hydrogens is 229 g/mol. The van der Waals surface area contributed by atoms with Gasteiger partial charge in [-0.25, -0.2) is 4.39 Å². The van der Waals surface area contributed by atoms with Crippen molar-refractivity contribution in [1.29, 1.82) is 0 Å². The predicted molar refractivity (Wildman–Crippen MR) is 57.7 cm³/mol. The van der Waals surface area contributed by atoms with E-state index < -0.39 is 18.0 Å². The number of hydrogen-bond acceptors (Lipinski definition) is 5. The normalized spacial score (nSPS) is 16.8. The van der Waals surface area contributed by atoms with E-state index in [1.165, 1.54) is 13.2 Å². The maximum atomic E-state index is 13.7. The van der Waals surface area contributed by atoms with Crippen molar-refractivity contribution >= 4 is 0 Å². The minimum absolute atomic E-state index is 0.0133. The van der Waals surface area contributed by atoms with Gasteiger partial charge in [-0.3, -0.25) is 0 Å². The van der Waals surface area contributed by atoms with Gasteiger partial charge in [-0.1, -0.05) is 0 Å². The minimum atomic E-state index is -1.09. The second kappa shape index (κ2) is 4.38. The van der Waals surface area contributed by atoms with Crippen molar-refractivity contribution in [3.8, 4) is 17.2 Å². The molecule has 0 amide bonds. The molecule has 0 radical (unpaired) electrons. The maximum Gasteiger partial charge on any atom is 0.231 e. The predicted octanol–water partition coefficient (Wildman–Crippen LogP) is 0.944. The molecule has 94 valence electrons. The first-order valence-corrected chi connectivity index (χ1v) is 5.16. The van der Waals surface area contributed by atoms with E-state index in [9.17, 15) is 9.50 Å². The molecule has 0 fully saturated rings. The van der Waals surface area contributed by atoms with Crippen LogP contribution in [0.4, 0.5) is 4.39 Å². The lowest BCUT2D eigenvalue weighted by atomic mass is 10.0. The smallest absolute Gasteiger partial charge is 0.231 e. The summed E-state index contributed by atoms with van der Waals surface area (Å²) in [6.45, 7) is 1.60. The quantitative estimate of drug-likeness (QED) is 0.826. The van der Waals surface area contributed by atoms with Crippen LogP contribution in [0.1, 0.15) is 18.6 Å². The van der Waals surface area contributed by atoms with Crippen molar-refractivity contribution in [2.75, 3.05) is 13.9 Å². The second-order valence-corrected chi connectivity index (χ2v) is 3.84. The molecule has 1 aliphatic rings. The summed E-state index contributed by atoms with van der Waals surface area (Å²) in [5.41, 5.74) is 5.80. The molecule has 1 heterocycles. The zero-order valence-corrected chi connectivity index (χ0v) is 9.57. The first-order chi connectivity index (χ1) is 8.06. The fourth-order valence-corrected chi connectivity index (χ4v) is 1.76. The molecule has 2 rings (SSSR count). The first-order valence-electron chi connectivity index (χ1n) is 5.16. The lowest BCUT2D eigenvalue weighted by Gasteiger charge is -2.19. The van der Waals surface area contributed by atoms with Gasteiger partial charge in [0.1, 0.15) is 6.10 Å². The second-order valence-electron chi connectivity index (χ2n) is 3.84. The van der Waals surface area contributed by atoms with Gasteiger partial charge in [-0.15, -0.1) is 0 Å². The van der Waals surface area contributed by atoms with E-state index in [4.69, 9.17) is 19.9 Å². The molecule has 6 heteroatoms. The summed E-state index contributed by atoms with van der Waals surface area (Å²) in [5.74, 6) is -0.156. The van der Waals surface area contributed by atoms with Crippen LogP contribution in [-0.4, -0.2) is 25.1 Å². The van der Waals surface area contributed by atoms with E-state index in [-0.39, 0.29) is 29.6 Å². The number of fused-ring (bicyclic) bond motifs is 1. The van der Waals surface area contributed by atoms with E-state index in [0.717, 1.165) is 0 Å². The Morgan fingerprint density at radius 2 is 2.24 bits per heavy atom. The van der Waals surface area contributed by atoms with Gasteiger partial charge in [0.05, 0.1) is 12.7 Å². The minimum Gasteiger partial charge on any atom is -0.493 e. The van der Waals surface area contributed by atoms with Crippen molar-refractivity contribution in [2.45, 2.75) is 19.1 Å². The topological polar surface area (TPSA) is 73.9 Å². The van der Waals surface area contributed by atoms with Crippen molar-refractivity contribution in [3.05, 3.63) is 17.4 Å². The number of nitrogens with two attached hydrogens (primary N) is 1. The van der Waals surface area contributed by atoms with Crippen LogP contribution >= 0.6 is 0 Å². The van der Waals surface area contributed by atoms with Gasteiger partial charge in [0, 0.05) is 12.1 Å². The first kappa shape index (κ1) is 11.9. The summed E-state index contributed by atoms with van der Waals surface area (Å²) in [5, 5.41) is 9.99. The molecule has 17 heavy (non-hydrogen) atoms. The van der Waals surface area contributed by atoms with E-state index in [1.54, 1.807) is 6.92 Å². The molecule has 0 spiro atoms. The molecule has 0 saturated heterocycles. The third-order valence-electron chi connectivity index (χ3n) is 2.60. The van der Waals surface area contributed by atoms with Gasteiger partial charge >= 0.3 is 0 Å². The van der Waals surface area contributed by atoms with E-state index >= 15 is 0 Å². The standard InChI is InChI=1S/C11H14FNO4/c1-5(13)9(14)8-10(15-2)6(12)3-7-11(8)17-4-16-7/h3,5,9,14H,4,13H2,1-2H3. The Labute approximate surface area is 97.9 Å². The zero-order valence-electron chi connectivity index (χ0n) is 9.57. The molecule has 2 atom stereocenters. The largest absolute Gasteiger partial charge is 0.493 e. The number of ether oxygens (including phenoxy) is 3. The van der Waals surface area contributed by atoms with Gasteiger partial charge in [0.15, 0.2) is 23.1 Å². The molecule has 1 aliphatic heterocycles. The summed E-state index contributed by atoms with van der Waals surface area (Å²) in [4.78, 5) is 0. The highest BCUT2D eigenvalue weighted by Crippen LogP contribution is 2.46. The number of hydrogen-bond donors (Lipinski definition) is 2. The van der Waals surface area contributed by atoms with E-state index in [2.05, 4.69) is 0 Å². The molecule has 0 saturated carbocycles. The number of benzene rings is 1. The lowest BCUT2D eigenvalue weighted by Crippen LogP contribution is -2.25. The van der Waals surface area contributed by atoms with Crippen LogP contribution in [0.15, 0.2) is 6.07 Å². The Bertz CT molecular complexity index is 432. The molecule has 0 bridgehead atoms. The Morgan fingerprint density at radius 3 is 2.82 bits per heavy atom. The Balaban J connectivity index is 2.61. The summed E-state index contributed by atoms with van der Waals surface area (Å²) in [6.07, 6.45) is -1.09. The number of aliphatic hydroxyl groups is 1. The van der Waals surface area contributed by atoms with Crippen LogP contribution in [0, 0.1) is 5.82 Å². The Hall–Kier alpha value is -1.53. The van der Waals surface area contributed by atoms with Crippen LogP contribution in [0.2, 0.25) is 0 Å². The number of methoxy groups -OCH3 is 1. The van der Waals surface area contributed by atoms with Crippen LogP contribution in [0.3, 0.4) is 0 Å². The molecule has 2 unspecified atom stereocenters. The molecule has 5 nitrogen and oxygen atoms in total. The van der Waals surface area contributed by atoms with Crippen LogP contribution in [0.5, 0.6) is 17.2 Å². The number of halogens is 1. The highest BCUT2D eigenvalue weighted by Gasteiger charge is 2.31. The molecule has 3 N–H and O–H groups in total. The SMILES string of the molecule is COc1c(F)cc2c(c1C(O)C(C)N)OCO2. The highest BCUT2D eigenvalue weighted by atomic mass is 19.1. The average Bonchev–Trinajstić information content (AvgIpc) is 2.73. The molecule has 0 aliphatic carbocycles. The van der Waals surface area contributed by atoms with Crippen LogP contribution in [0.25, 0.3) is 0 Å². The van der Waals surface area contributed by atoms with Gasteiger partial charge < -0.3 is 25.1 Å². The fraction of sp³-hybridized carbons (Fsp3) is 0.455. The average molecular weight is 243 g/mol. The summed E-state index contributed by atoms with van der Waals surface area (Å²) in [6, 6.07) is 0.581. The Morgan fingerprint density at radius 1 is 1.53 bits per heavy atom. The van der Waals surface area contributed by atoms with Crippen LogP contribution in [-0.2, 0) is 0 Å². The summed E-state index contributed by atoms with van der Waals surface area (Å²) >= 11 is 0. The van der Waals surface area contributed by atoms with E-state index in [0.29, 0.717) is 0 Å². The fourth-order valence-electron chi connectivity index (χ4n) is 1.76. The van der Waals surface area contributed by atoms with Gasteiger partial charge in [0.2, 0.25) is 6.79 Å². The summed E-state index contributed by atoms with van der Waals surface area (Å²) < 4.78 is 29.0. The van der Waals surface area contributed by atoms with Gasteiger partial charge in [0.25, 0.3) is 0 Å². The summed E-state index contributed by atoms with van der Waals surface area (Å²) in [7, 11) is 1.32. The third kappa shape index (κ3) is 1.89. The monoisotopic (exact) mass is 243 g/mol. The molecule has 1 aromatic rings. The van der Waals surface area contributed by atoms with Crippen molar-refractivity contribution < 1.29 is 23.7 Å². The molecule has 0 aromatic heterocycles. The van der Waals surface area contributed by atoms with E-state index in [1.807, 2.05) is 0 Å². The maximum absolute atomic E-state index is 13.7. The van der Waals surface area contributed by atoms with Crippen molar-refractivity contribution in [3.63, 3.8) is 0 Å². The number of aliphatic hydroxyl groups excluding tert-OH is 1.